The zero-order valence-corrected chi connectivity index (χ0v) is 10.5. The number of benzene rings is 1. The topological polar surface area (TPSA) is 39.9 Å². The number of halogens is 1. The molecule has 0 saturated carbocycles. The zero-order valence-electron chi connectivity index (χ0n) is 8.93. The van der Waals surface area contributed by atoms with E-state index in [1.807, 2.05) is 22.9 Å². The summed E-state index contributed by atoms with van der Waals surface area (Å²) in [7, 11) is 1.65. The van der Waals surface area contributed by atoms with Gasteiger partial charge in [-0.05, 0) is 21.5 Å². The van der Waals surface area contributed by atoms with Crippen LogP contribution in [0.1, 0.15) is 11.4 Å². The lowest BCUT2D eigenvalue weighted by Crippen LogP contribution is -2.07. The van der Waals surface area contributed by atoms with Crippen molar-refractivity contribution < 1.29 is 4.74 Å². The van der Waals surface area contributed by atoms with Gasteiger partial charge in [-0.1, -0.05) is 30.3 Å². The molecule has 0 N–H and O–H groups in total. The number of nitrogens with zero attached hydrogens (tertiary/aromatic N) is 3. The molecule has 0 spiro atoms. The zero-order chi connectivity index (χ0) is 11.4. The lowest BCUT2D eigenvalue weighted by Gasteiger charge is -2.04. The van der Waals surface area contributed by atoms with Crippen LogP contribution in [0, 0.1) is 0 Å². The van der Waals surface area contributed by atoms with Crippen molar-refractivity contribution in [3.05, 3.63) is 46.5 Å². The van der Waals surface area contributed by atoms with Gasteiger partial charge >= 0.3 is 0 Å². The van der Waals surface area contributed by atoms with Crippen LogP contribution in [0.3, 0.4) is 0 Å². The molecular weight excluding hydrogens is 270 g/mol. The highest BCUT2D eigenvalue weighted by Gasteiger charge is 2.07. The van der Waals surface area contributed by atoms with E-state index in [2.05, 4.69) is 38.1 Å². The van der Waals surface area contributed by atoms with E-state index in [4.69, 9.17) is 4.74 Å². The molecule has 5 heteroatoms. The summed E-state index contributed by atoms with van der Waals surface area (Å²) in [6.45, 7) is 1.17. The van der Waals surface area contributed by atoms with Gasteiger partial charge in [0.1, 0.15) is 6.61 Å². The minimum atomic E-state index is 0.464. The molecule has 0 aliphatic carbocycles. The van der Waals surface area contributed by atoms with Crippen molar-refractivity contribution in [1.82, 2.24) is 14.8 Å². The van der Waals surface area contributed by atoms with Crippen LogP contribution < -0.4 is 0 Å². The van der Waals surface area contributed by atoms with Crippen LogP contribution in [0.15, 0.2) is 35.1 Å². The molecule has 84 valence electrons. The molecule has 0 unspecified atom stereocenters. The van der Waals surface area contributed by atoms with Gasteiger partial charge in [0.15, 0.2) is 5.82 Å². The second-order valence-corrected chi connectivity index (χ2v) is 4.08. The largest absolute Gasteiger partial charge is 0.377 e. The average Bonchev–Trinajstić information content (AvgIpc) is 2.61. The average molecular weight is 282 g/mol. The summed E-state index contributed by atoms with van der Waals surface area (Å²) in [6.07, 6.45) is 0. The molecule has 1 aromatic carbocycles. The maximum atomic E-state index is 5.08. The smallest absolute Gasteiger partial charge is 0.217 e. The number of hydrogen-bond donors (Lipinski definition) is 0. The van der Waals surface area contributed by atoms with Crippen molar-refractivity contribution in [1.29, 1.82) is 0 Å². The van der Waals surface area contributed by atoms with E-state index in [1.165, 1.54) is 5.56 Å². The van der Waals surface area contributed by atoms with Crippen LogP contribution in [-0.4, -0.2) is 21.9 Å². The van der Waals surface area contributed by atoms with Crippen molar-refractivity contribution in [2.45, 2.75) is 13.2 Å². The number of methoxy groups -OCH3 is 1. The number of ether oxygens (including phenoxy) is 1. The number of rotatable bonds is 4. The second kappa shape index (κ2) is 5.23. The number of hydrogen-bond acceptors (Lipinski definition) is 3. The van der Waals surface area contributed by atoms with Gasteiger partial charge in [-0.2, -0.15) is 0 Å². The third-order valence-corrected chi connectivity index (χ3v) is 2.51. The Kier molecular flexibility index (Phi) is 3.69. The highest BCUT2D eigenvalue weighted by Crippen LogP contribution is 2.09. The summed E-state index contributed by atoms with van der Waals surface area (Å²) in [6, 6.07) is 10.1. The van der Waals surface area contributed by atoms with E-state index < -0.39 is 0 Å². The fourth-order valence-electron chi connectivity index (χ4n) is 1.46. The minimum Gasteiger partial charge on any atom is -0.377 e. The van der Waals surface area contributed by atoms with Crippen LogP contribution in [0.2, 0.25) is 0 Å². The van der Waals surface area contributed by atoms with Gasteiger partial charge in [-0.25, -0.2) is 9.67 Å². The summed E-state index contributed by atoms with van der Waals surface area (Å²) < 4.78 is 7.50. The van der Waals surface area contributed by atoms with Gasteiger partial charge in [-0.15, -0.1) is 5.10 Å². The molecule has 0 aliphatic rings. The Morgan fingerprint density at radius 2 is 2.06 bits per heavy atom. The summed E-state index contributed by atoms with van der Waals surface area (Å²) in [5, 5.41) is 4.27. The first-order chi connectivity index (χ1) is 7.79. The fraction of sp³-hybridized carbons (Fsp3) is 0.273. The Morgan fingerprint density at radius 3 is 2.75 bits per heavy atom. The highest BCUT2D eigenvalue weighted by atomic mass is 79.9. The first kappa shape index (κ1) is 11.3. The Labute approximate surface area is 102 Å². The predicted octanol–water partition coefficient (Wildman–Crippen LogP) is 2.24. The normalized spacial score (nSPS) is 10.6. The molecule has 2 aromatic rings. The Balaban J connectivity index is 2.20. The maximum absolute atomic E-state index is 5.08. The van der Waals surface area contributed by atoms with E-state index in [0.29, 0.717) is 17.9 Å². The van der Waals surface area contributed by atoms with Crippen LogP contribution >= 0.6 is 15.9 Å². The summed E-state index contributed by atoms with van der Waals surface area (Å²) in [5.74, 6) is 0.818. The van der Waals surface area contributed by atoms with Crippen molar-refractivity contribution in [3.63, 3.8) is 0 Å². The molecule has 1 heterocycles. The fourth-order valence-corrected chi connectivity index (χ4v) is 1.86. The Bertz CT molecular complexity index is 456. The molecule has 0 fully saturated rings. The van der Waals surface area contributed by atoms with Crippen molar-refractivity contribution in [2.24, 2.45) is 0 Å². The van der Waals surface area contributed by atoms with Gasteiger partial charge in [0.25, 0.3) is 0 Å². The lowest BCUT2D eigenvalue weighted by atomic mass is 10.2. The molecule has 0 aliphatic heterocycles. The third-order valence-electron chi connectivity index (χ3n) is 2.17. The molecule has 0 amide bonds. The third kappa shape index (κ3) is 2.68. The van der Waals surface area contributed by atoms with Crippen LogP contribution in [-0.2, 0) is 17.9 Å². The van der Waals surface area contributed by atoms with E-state index >= 15 is 0 Å². The molecule has 0 atom stereocenters. The lowest BCUT2D eigenvalue weighted by molar-refractivity contribution is 0.173. The first-order valence-corrected chi connectivity index (χ1v) is 5.71. The van der Waals surface area contributed by atoms with Crippen molar-refractivity contribution in [2.75, 3.05) is 7.11 Å². The maximum Gasteiger partial charge on any atom is 0.217 e. The molecule has 0 saturated heterocycles. The quantitative estimate of drug-likeness (QED) is 0.863. The van der Waals surface area contributed by atoms with Crippen molar-refractivity contribution >= 4 is 15.9 Å². The summed E-state index contributed by atoms with van der Waals surface area (Å²) in [5.41, 5.74) is 1.19. The molecular formula is C11H12BrN3O. The molecule has 1 aromatic heterocycles. The second-order valence-electron chi connectivity index (χ2n) is 3.37. The molecule has 0 radical (unpaired) electrons. The van der Waals surface area contributed by atoms with Crippen LogP contribution in [0.25, 0.3) is 0 Å². The standard InChI is InChI=1S/C11H12BrN3O/c1-16-8-10-13-11(12)14-15(10)7-9-5-3-2-4-6-9/h2-6H,7-8H2,1H3. The van der Waals surface area contributed by atoms with E-state index in [9.17, 15) is 0 Å². The monoisotopic (exact) mass is 281 g/mol. The highest BCUT2D eigenvalue weighted by molar-refractivity contribution is 9.10. The number of aromatic nitrogens is 3. The van der Waals surface area contributed by atoms with E-state index in [-0.39, 0.29) is 0 Å². The van der Waals surface area contributed by atoms with Crippen LogP contribution in [0.4, 0.5) is 0 Å². The van der Waals surface area contributed by atoms with Gasteiger partial charge in [0.2, 0.25) is 4.73 Å². The van der Waals surface area contributed by atoms with E-state index in [0.717, 1.165) is 5.82 Å². The predicted molar refractivity (Wildman–Crippen MR) is 64.0 cm³/mol. The molecule has 2 rings (SSSR count). The van der Waals surface area contributed by atoms with Gasteiger partial charge < -0.3 is 4.74 Å². The van der Waals surface area contributed by atoms with Crippen LogP contribution in [0.5, 0.6) is 0 Å². The molecule has 4 nitrogen and oxygen atoms in total. The first-order valence-electron chi connectivity index (χ1n) is 4.91. The molecule has 0 bridgehead atoms. The molecule has 16 heavy (non-hydrogen) atoms. The van der Waals surface area contributed by atoms with Crippen molar-refractivity contribution in [3.8, 4) is 0 Å². The van der Waals surface area contributed by atoms with Gasteiger partial charge in [0.05, 0.1) is 6.54 Å². The SMILES string of the molecule is COCc1nc(Br)nn1Cc1ccccc1. The Morgan fingerprint density at radius 1 is 1.31 bits per heavy atom. The van der Waals surface area contributed by atoms with Gasteiger partial charge in [-0.3, -0.25) is 0 Å². The summed E-state index contributed by atoms with van der Waals surface area (Å²) >= 11 is 3.27. The summed E-state index contributed by atoms with van der Waals surface area (Å²) in [4.78, 5) is 4.24. The Hall–Kier alpha value is -1.20. The van der Waals surface area contributed by atoms with Gasteiger partial charge in [0, 0.05) is 7.11 Å². The minimum absolute atomic E-state index is 0.464. The van der Waals surface area contributed by atoms with E-state index in [1.54, 1.807) is 7.11 Å².